The van der Waals surface area contributed by atoms with Crippen LogP contribution in [0.4, 0.5) is 0 Å². The van der Waals surface area contributed by atoms with Crippen LogP contribution >= 0.6 is 15.6 Å². The van der Waals surface area contributed by atoms with Gasteiger partial charge in [-0.15, -0.1) is 0 Å². The van der Waals surface area contributed by atoms with Crippen LogP contribution in [0.2, 0.25) is 0 Å². The van der Waals surface area contributed by atoms with Crippen molar-refractivity contribution in [3.05, 3.63) is 122 Å². The Morgan fingerprint density at radius 2 is 1.06 bits per heavy atom. The summed E-state index contributed by atoms with van der Waals surface area (Å²) in [5.74, 6) is -1.41. The topological polar surface area (TPSA) is 276 Å². The first-order valence-corrected chi connectivity index (χ1v) is 27.2. The Bertz CT molecular complexity index is 1830. The summed E-state index contributed by atoms with van der Waals surface area (Å²) < 4.78 is 49.2. The van der Waals surface area contributed by atoms with Gasteiger partial charge in [0.2, 0.25) is 0 Å². The highest BCUT2D eigenvalue weighted by molar-refractivity contribution is 7.47. The predicted molar refractivity (Wildman–Crippen MR) is 270 cm³/mol. The van der Waals surface area contributed by atoms with Crippen molar-refractivity contribution in [1.29, 1.82) is 0 Å². The molecule has 1 aliphatic rings. The van der Waals surface area contributed by atoms with E-state index in [1.807, 2.05) is 54.7 Å². The summed E-state index contributed by atoms with van der Waals surface area (Å²) in [5.41, 5.74) is 0. The highest BCUT2D eigenvalue weighted by Crippen LogP contribution is 2.49. The van der Waals surface area contributed by atoms with E-state index in [2.05, 4.69) is 67.0 Å². The second-order valence-electron chi connectivity index (χ2n) is 16.3. The zero-order chi connectivity index (χ0) is 51.9. The Balaban J connectivity index is 2.71. The minimum atomic E-state index is -5.39. The van der Waals surface area contributed by atoms with Crippen molar-refractivity contribution in [3.8, 4) is 0 Å². The van der Waals surface area contributed by atoms with Gasteiger partial charge >= 0.3 is 27.6 Å². The van der Waals surface area contributed by atoms with Crippen LogP contribution in [0.3, 0.4) is 0 Å². The van der Waals surface area contributed by atoms with Crippen molar-refractivity contribution in [2.24, 2.45) is 0 Å². The fraction of sp³-hybridized carbons (Fsp3) is 0.569. The summed E-state index contributed by atoms with van der Waals surface area (Å²) >= 11 is 0. The normalized spacial score (nSPS) is 22.5. The fourth-order valence-corrected chi connectivity index (χ4v) is 7.90. The molecule has 1 rings (SSSR count). The number of allylic oxidation sites excluding steroid dienone is 18. The molecule has 1 saturated carbocycles. The summed E-state index contributed by atoms with van der Waals surface area (Å²) in [6.07, 6.45) is 36.2. The van der Waals surface area contributed by atoms with E-state index >= 15 is 0 Å². The smallest absolute Gasteiger partial charge is 0.462 e. The van der Waals surface area contributed by atoms with Gasteiger partial charge in [-0.1, -0.05) is 148 Å². The Kier molecular flexibility index (Phi) is 36.7. The lowest BCUT2D eigenvalue weighted by molar-refractivity contribution is -0.216. The lowest BCUT2D eigenvalue weighted by atomic mass is 9.85. The van der Waals surface area contributed by atoms with Crippen molar-refractivity contribution in [3.63, 3.8) is 0 Å². The number of rotatable bonds is 38. The van der Waals surface area contributed by atoms with Gasteiger partial charge in [0.1, 0.15) is 43.2 Å². The van der Waals surface area contributed by atoms with Gasteiger partial charge in [-0.25, -0.2) is 9.13 Å². The summed E-state index contributed by atoms with van der Waals surface area (Å²) in [7, 11) is -10.8. The van der Waals surface area contributed by atoms with E-state index in [9.17, 15) is 58.9 Å². The molecular formula is C51H80O17P2. The Hall–Kier alpha value is -3.64. The monoisotopic (exact) mass is 1030 g/mol. The maximum absolute atomic E-state index is 13.0. The number of hydrogen-bond acceptors (Lipinski definition) is 14. The molecule has 6 unspecified atom stereocenters. The van der Waals surface area contributed by atoms with Crippen molar-refractivity contribution < 1.29 is 82.0 Å². The third-order valence-corrected chi connectivity index (χ3v) is 11.6. The predicted octanol–water partition coefficient (Wildman–Crippen LogP) is 8.47. The maximum Gasteiger partial charge on any atom is 0.472 e. The molecular weight excluding hydrogens is 946 g/mol. The van der Waals surface area contributed by atoms with Crippen molar-refractivity contribution in [2.45, 2.75) is 172 Å². The fourth-order valence-electron chi connectivity index (χ4n) is 6.36. The molecule has 0 saturated heterocycles. The number of hydrogen-bond donors (Lipinski definition) is 8. The Labute approximate surface area is 414 Å². The number of carbonyl (C=O) groups excluding carboxylic acids is 2. The third-order valence-electron chi connectivity index (χ3n) is 10.1. The third kappa shape index (κ3) is 33.9. The molecule has 19 heteroatoms. The van der Waals surface area contributed by atoms with E-state index in [0.29, 0.717) is 32.1 Å². The van der Waals surface area contributed by atoms with Gasteiger partial charge in [-0.2, -0.15) is 0 Å². The molecule has 0 aromatic rings. The molecule has 8 N–H and O–H groups in total. The zero-order valence-corrected chi connectivity index (χ0v) is 42.5. The summed E-state index contributed by atoms with van der Waals surface area (Å²) in [6.45, 7) is 2.78. The standard InChI is InChI=1S/C51H80O17P2/c1-3-5-7-9-11-12-13-14-15-16-17-18-19-23-26-30-34-38-44(53)64-40-43(41-65-70(62,63)68-51-48(57)46(55)47(56)50(49(51)58)67-69(59,60)61)66-45(54)39-35-31-27-24-21-20-22-25-29-33-37-42(52)36-32-28-10-8-6-4-2/h6,8,11-12,14-15,17-18,20-21,23,25-29,31-33,37,42-43,46-52,55-58H,3-5,7,9-10,13,16,19,22,24,30,34-36,38-41H2,1-2H3,(H,62,63)(H2,59,60,61)/b8-6-,12-11-,15-14-,18-17-,21-20-,26-23-,29-25-,31-27-,32-28-,37-33+/t42?,43-,46?,47?,48?,49?,50-,51+/m1/s1. The summed E-state index contributed by atoms with van der Waals surface area (Å²) in [5, 5.41) is 51.3. The van der Waals surface area contributed by atoms with Gasteiger partial charge in [0, 0.05) is 12.8 Å². The summed E-state index contributed by atoms with van der Waals surface area (Å²) in [4.78, 5) is 54.3. The second-order valence-corrected chi connectivity index (χ2v) is 18.9. The number of carbonyl (C=O) groups is 2. The molecule has 17 nitrogen and oxygen atoms in total. The van der Waals surface area contributed by atoms with Crippen LogP contribution < -0.4 is 0 Å². The Morgan fingerprint density at radius 1 is 0.543 bits per heavy atom. The molecule has 0 aromatic carbocycles. The molecule has 1 aliphatic carbocycles. The molecule has 396 valence electrons. The van der Waals surface area contributed by atoms with Crippen LogP contribution in [0.1, 0.15) is 123 Å². The summed E-state index contributed by atoms with van der Waals surface area (Å²) in [6, 6.07) is 0. The van der Waals surface area contributed by atoms with E-state index in [1.165, 1.54) is 19.3 Å². The molecule has 0 heterocycles. The largest absolute Gasteiger partial charge is 0.472 e. The molecule has 1 fully saturated rings. The van der Waals surface area contributed by atoms with E-state index in [-0.39, 0.29) is 19.3 Å². The molecule has 0 bridgehead atoms. The van der Waals surface area contributed by atoms with Gasteiger partial charge in [0.15, 0.2) is 6.10 Å². The Morgan fingerprint density at radius 3 is 1.63 bits per heavy atom. The number of aliphatic hydroxyl groups excluding tert-OH is 5. The van der Waals surface area contributed by atoms with Gasteiger partial charge in [0.05, 0.1) is 12.7 Å². The number of aliphatic hydroxyl groups is 5. The first-order chi connectivity index (χ1) is 33.5. The molecule has 0 spiro atoms. The maximum atomic E-state index is 13.0. The molecule has 70 heavy (non-hydrogen) atoms. The minimum absolute atomic E-state index is 0.0111. The molecule has 0 aromatic heterocycles. The van der Waals surface area contributed by atoms with Crippen LogP contribution in [0.15, 0.2) is 122 Å². The van der Waals surface area contributed by atoms with Crippen LogP contribution in [-0.4, -0.2) is 114 Å². The molecule has 9 atom stereocenters. The van der Waals surface area contributed by atoms with E-state index < -0.39 is 89.6 Å². The molecule has 0 radical (unpaired) electrons. The van der Waals surface area contributed by atoms with Gasteiger partial charge < -0.3 is 49.7 Å². The number of phosphoric acid groups is 2. The van der Waals surface area contributed by atoms with Crippen molar-refractivity contribution >= 4 is 27.6 Å². The van der Waals surface area contributed by atoms with Gasteiger partial charge in [-0.05, 0) is 83.5 Å². The second kappa shape index (κ2) is 39.9. The lowest BCUT2D eigenvalue weighted by Gasteiger charge is -2.43. The van der Waals surface area contributed by atoms with Crippen LogP contribution in [0.5, 0.6) is 0 Å². The van der Waals surface area contributed by atoms with Crippen LogP contribution in [0, 0.1) is 0 Å². The first-order valence-electron chi connectivity index (χ1n) is 24.2. The van der Waals surface area contributed by atoms with Crippen LogP contribution in [-0.2, 0) is 41.8 Å². The average Bonchev–Trinajstić information content (AvgIpc) is 3.31. The highest BCUT2D eigenvalue weighted by atomic mass is 31.2. The minimum Gasteiger partial charge on any atom is -0.462 e. The zero-order valence-electron chi connectivity index (χ0n) is 40.7. The van der Waals surface area contributed by atoms with Gasteiger partial charge in [0.25, 0.3) is 0 Å². The molecule has 0 aliphatic heterocycles. The lowest BCUT2D eigenvalue weighted by Crippen LogP contribution is -2.64. The number of phosphoric ester groups is 2. The SMILES string of the molecule is CC/C=C\C/C=C\CC(O)/C=C/C=C\C/C=C\C/C=C\CCC(=O)O[C@H](COC(=O)CCC/C=C\C/C=C\C/C=C\C/C=C\CCCCC)COP(=O)(O)O[C@H]1C(O)C(O)C(O)[C@@H](OP(=O)(O)O)C1O. The van der Waals surface area contributed by atoms with E-state index in [0.717, 1.165) is 38.5 Å². The number of esters is 2. The number of unbranched alkanes of at least 4 members (excludes halogenated alkanes) is 4. The highest BCUT2D eigenvalue weighted by Gasteiger charge is 2.54. The van der Waals surface area contributed by atoms with E-state index in [4.69, 9.17) is 18.5 Å². The quantitative estimate of drug-likeness (QED) is 0.00946. The van der Waals surface area contributed by atoms with Crippen molar-refractivity contribution in [1.82, 2.24) is 0 Å². The van der Waals surface area contributed by atoms with Crippen molar-refractivity contribution in [2.75, 3.05) is 13.2 Å². The first kappa shape index (κ1) is 64.4. The van der Waals surface area contributed by atoms with E-state index in [1.54, 1.807) is 18.2 Å². The van der Waals surface area contributed by atoms with Gasteiger partial charge in [-0.3, -0.25) is 23.2 Å². The molecule has 0 amide bonds. The number of ether oxygens (including phenoxy) is 2. The van der Waals surface area contributed by atoms with Crippen LogP contribution in [0.25, 0.3) is 0 Å². The average molecular weight is 1030 g/mol.